The number of halogens is 4. The highest BCUT2D eigenvalue weighted by atomic mass is 19.3. The molecule has 0 atom stereocenters. The highest BCUT2D eigenvalue weighted by Crippen LogP contribution is 2.29. The molecule has 0 radical (unpaired) electrons. The summed E-state index contributed by atoms with van der Waals surface area (Å²) < 4.78 is 52.1. The average Bonchev–Trinajstić information content (AvgIpc) is 2.14. The molecular weight excluding hydrogens is 210 g/mol. The van der Waals surface area contributed by atoms with Gasteiger partial charge in [-0.05, 0) is 18.7 Å². The van der Waals surface area contributed by atoms with Crippen molar-refractivity contribution in [3.8, 4) is 0 Å². The van der Waals surface area contributed by atoms with Gasteiger partial charge in [0.25, 0.3) is 5.92 Å². The van der Waals surface area contributed by atoms with Gasteiger partial charge in [-0.1, -0.05) is 6.92 Å². The zero-order valence-electron chi connectivity index (χ0n) is 8.16. The SMILES string of the molecule is CCNCC(F)(F)c1ccc(F)cc1F. The monoisotopic (exact) mass is 221 g/mol. The quantitative estimate of drug-likeness (QED) is 0.771. The highest BCUT2D eigenvalue weighted by molar-refractivity contribution is 5.23. The van der Waals surface area contributed by atoms with E-state index in [0.29, 0.717) is 12.6 Å². The Labute approximate surface area is 85.1 Å². The van der Waals surface area contributed by atoms with E-state index < -0.39 is 29.7 Å². The lowest BCUT2D eigenvalue weighted by Gasteiger charge is -2.17. The van der Waals surface area contributed by atoms with Crippen molar-refractivity contribution in [2.75, 3.05) is 13.1 Å². The summed E-state index contributed by atoms with van der Waals surface area (Å²) in [5.41, 5.74) is -0.787. The smallest absolute Gasteiger partial charge is 0.288 e. The van der Waals surface area contributed by atoms with Gasteiger partial charge < -0.3 is 5.32 Å². The largest absolute Gasteiger partial charge is 0.311 e. The Hall–Kier alpha value is -1.10. The zero-order valence-corrected chi connectivity index (χ0v) is 8.16. The van der Waals surface area contributed by atoms with E-state index in [1.54, 1.807) is 6.92 Å². The molecule has 15 heavy (non-hydrogen) atoms. The summed E-state index contributed by atoms with van der Waals surface area (Å²) in [6, 6.07) is 2.04. The first-order valence-electron chi connectivity index (χ1n) is 4.51. The lowest BCUT2D eigenvalue weighted by atomic mass is 10.1. The van der Waals surface area contributed by atoms with Crippen LogP contribution in [0.4, 0.5) is 17.6 Å². The molecule has 1 N–H and O–H groups in total. The van der Waals surface area contributed by atoms with Crippen LogP contribution in [-0.4, -0.2) is 13.1 Å². The van der Waals surface area contributed by atoms with Crippen LogP contribution in [0.3, 0.4) is 0 Å². The van der Waals surface area contributed by atoms with Crippen LogP contribution in [-0.2, 0) is 5.92 Å². The van der Waals surface area contributed by atoms with Crippen LogP contribution in [0.5, 0.6) is 0 Å². The summed E-state index contributed by atoms with van der Waals surface area (Å²) in [5.74, 6) is -5.42. The Balaban J connectivity index is 2.93. The van der Waals surface area contributed by atoms with Crippen molar-refractivity contribution >= 4 is 0 Å². The van der Waals surface area contributed by atoms with Crippen molar-refractivity contribution in [2.45, 2.75) is 12.8 Å². The molecular formula is C10H11F4N. The van der Waals surface area contributed by atoms with Crippen molar-refractivity contribution in [3.63, 3.8) is 0 Å². The second-order valence-corrected chi connectivity index (χ2v) is 3.11. The number of rotatable bonds is 4. The zero-order chi connectivity index (χ0) is 11.5. The first-order valence-corrected chi connectivity index (χ1v) is 4.51. The maximum Gasteiger partial charge on any atom is 0.288 e. The molecule has 5 heteroatoms. The van der Waals surface area contributed by atoms with Gasteiger partial charge in [0.05, 0.1) is 12.1 Å². The van der Waals surface area contributed by atoms with Gasteiger partial charge in [-0.2, -0.15) is 8.78 Å². The molecule has 1 nitrogen and oxygen atoms in total. The molecule has 0 spiro atoms. The van der Waals surface area contributed by atoms with Gasteiger partial charge in [0.1, 0.15) is 11.6 Å². The summed E-state index contributed by atoms with van der Waals surface area (Å²) in [6.07, 6.45) is 0. The fraction of sp³-hybridized carbons (Fsp3) is 0.400. The predicted octanol–water partition coefficient (Wildman–Crippen LogP) is 2.67. The van der Waals surface area contributed by atoms with E-state index in [4.69, 9.17) is 0 Å². The molecule has 1 aromatic carbocycles. The lowest BCUT2D eigenvalue weighted by molar-refractivity contribution is -0.00611. The second-order valence-electron chi connectivity index (χ2n) is 3.11. The van der Waals surface area contributed by atoms with E-state index in [9.17, 15) is 17.6 Å². The van der Waals surface area contributed by atoms with Crippen molar-refractivity contribution in [3.05, 3.63) is 35.4 Å². The fourth-order valence-electron chi connectivity index (χ4n) is 1.16. The van der Waals surface area contributed by atoms with Crippen molar-refractivity contribution in [2.24, 2.45) is 0 Å². The third kappa shape index (κ3) is 2.92. The number of alkyl halides is 2. The van der Waals surface area contributed by atoms with Gasteiger partial charge in [0.2, 0.25) is 0 Å². The van der Waals surface area contributed by atoms with Crippen molar-refractivity contribution in [1.29, 1.82) is 0 Å². The molecule has 0 saturated carbocycles. The molecule has 0 saturated heterocycles. The number of likely N-dealkylation sites (N-methyl/N-ethyl adjacent to an activating group) is 1. The topological polar surface area (TPSA) is 12.0 Å². The minimum absolute atomic E-state index is 0.360. The molecule has 0 fully saturated rings. The molecule has 84 valence electrons. The maximum absolute atomic E-state index is 13.3. The van der Waals surface area contributed by atoms with Crippen molar-refractivity contribution in [1.82, 2.24) is 5.32 Å². The third-order valence-corrected chi connectivity index (χ3v) is 1.92. The van der Waals surface area contributed by atoms with Gasteiger partial charge in [-0.25, -0.2) is 8.78 Å². The van der Waals surface area contributed by atoms with Gasteiger partial charge in [-0.3, -0.25) is 0 Å². The maximum atomic E-state index is 13.3. The Bertz CT molecular complexity index is 338. The van der Waals surface area contributed by atoms with Crippen molar-refractivity contribution < 1.29 is 17.6 Å². The van der Waals surface area contributed by atoms with Gasteiger partial charge in [-0.15, -0.1) is 0 Å². The Morgan fingerprint density at radius 1 is 1.27 bits per heavy atom. The second kappa shape index (κ2) is 4.61. The molecule has 1 aromatic rings. The van der Waals surface area contributed by atoms with E-state index >= 15 is 0 Å². The van der Waals surface area contributed by atoms with E-state index in [2.05, 4.69) is 5.32 Å². The van der Waals surface area contributed by atoms with Crippen LogP contribution < -0.4 is 5.32 Å². The molecule has 0 aromatic heterocycles. The molecule has 1 rings (SSSR count). The summed E-state index contributed by atoms with van der Waals surface area (Å²) >= 11 is 0. The van der Waals surface area contributed by atoms with Gasteiger partial charge >= 0.3 is 0 Å². The highest BCUT2D eigenvalue weighted by Gasteiger charge is 2.33. The molecule has 0 aliphatic carbocycles. The number of hydrogen-bond donors (Lipinski definition) is 1. The summed E-state index contributed by atoms with van der Waals surface area (Å²) in [6.45, 7) is 1.36. The summed E-state index contributed by atoms with van der Waals surface area (Å²) in [5, 5.41) is 2.42. The molecule has 0 aliphatic rings. The Morgan fingerprint density at radius 3 is 2.47 bits per heavy atom. The Kier molecular flexibility index (Phi) is 3.68. The minimum atomic E-state index is -3.33. The standard InChI is InChI=1S/C10H11F4N/c1-2-15-6-10(13,14)8-4-3-7(11)5-9(8)12/h3-5,15H,2,6H2,1H3. The molecule has 0 heterocycles. The van der Waals surface area contributed by atoms with Crippen LogP contribution >= 0.6 is 0 Å². The third-order valence-electron chi connectivity index (χ3n) is 1.92. The minimum Gasteiger partial charge on any atom is -0.311 e. The first kappa shape index (κ1) is 12.0. The van der Waals surface area contributed by atoms with Crippen LogP contribution in [0.15, 0.2) is 18.2 Å². The van der Waals surface area contributed by atoms with E-state index in [1.807, 2.05) is 0 Å². The molecule has 0 unspecified atom stereocenters. The first-order chi connectivity index (χ1) is 6.97. The Morgan fingerprint density at radius 2 is 1.93 bits per heavy atom. The normalized spacial score (nSPS) is 11.8. The lowest BCUT2D eigenvalue weighted by Crippen LogP contribution is -2.31. The average molecular weight is 221 g/mol. The van der Waals surface area contributed by atoms with E-state index in [0.717, 1.165) is 12.1 Å². The summed E-state index contributed by atoms with van der Waals surface area (Å²) in [4.78, 5) is 0. The van der Waals surface area contributed by atoms with E-state index in [-0.39, 0.29) is 0 Å². The number of benzene rings is 1. The number of hydrogen-bond acceptors (Lipinski definition) is 1. The van der Waals surface area contributed by atoms with Gasteiger partial charge in [0, 0.05) is 6.07 Å². The van der Waals surface area contributed by atoms with Crippen LogP contribution in [0.2, 0.25) is 0 Å². The van der Waals surface area contributed by atoms with Gasteiger partial charge in [0.15, 0.2) is 0 Å². The van der Waals surface area contributed by atoms with Crippen LogP contribution in [0, 0.1) is 11.6 Å². The molecule has 0 aliphatic heterocycles. The fourth-order valence-corrected chi connectivity index (χ4v) is 1.16. The molecule has 0 amide bonds. The van der Waals surface area contributed by atoms with E-state index in [1.165, 1.54) is 0 Å². The summed E-state index contributed by atoms with van der Waals surface area (Å²) in [7, 11) is 0. The van der Waals surface area contributed by atoms with Crippen LogP contribution in [0.1, 0.15) is 12.5 Å². The van der Waals surface area contributed by atoms with Crippen LogP contribution in [0.25, 0.3) is 0 Å². The number of nitrogens with one attached hydrogen (secondary N) is 1. The predicted molar refractivity (Wildman–Crippen MR) is 48.8 cm³/mol. The molecule has 0 bridgehead atoms.